The molecule has 20 heavy (non-hydrogen) atoms. The molecule has 0 fully saturated rings. The molecule has 1 aliphatic rings. The average molecular weight is 270 g/mol. The second kappa shape index (κ2) is 5.12. The second-order valence-electron chi connectivity index (χ2n) is 5.47. The summed E-state index contributed by atoms with van der Waals surface area (Å²) in [4.78, 5) is 12.0. The maximum Gasteiger partial charge on any atom is 0.166 e. The molecule has 0 aliphatic heterocycles. The molecule has 1 atom stereocenters. The lowest BCUT2D eigenvalue weighted by Crippen LogP contribution is -2.16. The summed E-state index contributed by atoms with van der Waals surface area (Å²) in [5, 5.41) is 4.55. The van der Waals surface area contributed by atoms with E-state index in [4.69, 9.17) is 4.74 Å². The number of carbonyl (C=O) groups is 1. The standard InChI is InChI=1S/C16H18N2O2/c1-11-7-15-14(16(19)8-11)10-18(17-15)9-12-3-5-13(20-2)6-4-12/h3-6,10-11H,7-9H2,1-2H3. The molecule has 0 N–H and O–H groups in total. The van der Waals surface area contributed by atoms with Gasteiger partial charge < -0.3 is 4.74 Å². The SMILES string of the molecule is COc1ccc(Cn2cc3c(n2)CC(C)CC3=O)cc1. The third-order valence-electron chi connectivity index (χ3n) is 3.72. The maximum atomic E-state index is 12.0. The van der Waals surface area contributed by atoms with Crippen LogP contribution >= 0.6 is 0 Å². The van der Waals surface area contributed by atoms with Crippen molar-refractivity contribution in [2.24, 2.45) is 5.92 Å². The van der Waals surface area contributed by atoms with Gasteiger partial charge in [0, 0.05) is 12.6 Å². The van der Waals surface area contributed by atoms with E-state index in [1.807, 2.05) is 35.1 Å². The van der Waals surface area contributed by atoms with Crippen LogP contribution in [-0.4, -0.2) is 22.7 Å². The Morgan fingerprint density at radius 1 is 1.30 bits per heavy atom. The lowest BCUT2D eigenvalue weighted by Gasteiger charge is -2.14. The van der Waals surface area contributed by atoms with Crippen LogP contribution in [0.25, 0.3) is 0 Å². The van der Waals surface area contributed by atoms with E-state index in [1.165, 1.54) is 0 Å². The molecule has 3 rings (SSSR count). The highest BCUT2D eigenvalue weighted by Crippen LogP contribution is 2.24. The lowest BCUT2D eigenvalue weighted by atomic mass is 9.89. The highest BCUT2D eigenvalue weighted by molar-refractivity contribution is 5.98. The molecule has 4 nitrogen and oxygen atoms in total. The molecule has 2 aromatic rings. The number of hydrogen-bond acceptors (Lipinski definition) is 3. The van der Waals surface area contributed by atoms with Gasteiger partial charge in [-0.05, 0) is 30.0 Å². The van der Waals surface area contributed by atoms with Crippen LogP contribution in [0.5, 0.6) is 5.75 Å². The minimum atomic E-state index is 0.222. The third-order valence-corrected chi connectivity index (χ3v) is 3.72. The largest absolute Gasteiger partial charge is 0.497 e. The maximum absolute atomic E-state index is 12.0. The van der Waals surface area contributed by atoms with E-state index in [-0.39, 0.29) is 5.78 Å². The number of benzene rings is 1. The molecule has 1 unspecified atom stereocenters. The van der Waals surface area contributed by atoms with Gasteiger partial charge in [0.1, 0.15) is 5.75 Å². The van der Waals surface area contributed by atoms with Crippen molar-refractivity contribution in [1.82, 2.24) is 9.78 Å². The predicted octanol–water partition coefficient (Wildman–Crippen LogP) is 2.71. The van der Waals surface area contributed by atoms with E-state index in [9.17, 15) is 4.79 Å². The molecule has 1 aromatic heterocycles. The van der Waals surface area contributed by atoms with Crippen LogP contribution in [0.15, 0.2) is 30.5 Å². The van der Waals surface area contributed by atoms with Crippen molar-refractivity contribution in [3.05, 3.63) is 47.3 Å². The fourth-order valence-electron chi connectivity index (χ4n) is 2.67. The van der Waals surface area contributed by atoms with Crippen molar-refractivity contribution in [2.45, 2.75) is 26.3 Å². The number of ether oxygens (including phenoxy) is 1. The smallest absolute Gasteiger partial charge is 0.166 e. The van der Waals surface area contributed by atoms with Crippen molar-refractivity contribution in [2.75, 3.05) is 7.11 Å². The van der Waals surface area contributed by atoms with Gasteiger partial charge >= 0.3 is 0 Å². The minimum absolute atomic E-state index is 0.222. The summed E-state index contributed by atoms with van der Waals surface area (Å²) in [6, 6.07) is 7.91. The molecule has 1 aromatic carbocycles. The first-order valence-electron chi connectivity index (χ1n) is 6.88. The zero-order chi connectivity index (χ0) is 14.1. The number of nitrogens with zero attached hydrogens (tertiary/aromatic N) is 2. The van der Waals surface area contributed by atoms with Crippen LogP contribution in [0, 0.1) is 5.92 Å². The molecule has 1 heterocycles. The monoisotopic (exact) mass is 270 g/mol. The highest BCUT2D eigenvalue weighted by atomic mass is 16.5. The molecule has 0 radical (unpaired) electrons. The molecular weight excluding hydrogens is 252 g/mol. The second-order valence-corrected chi connectivity index (χ2v) is 5.47. The van der Waals surface area contributed by atoms with Crippen LogP contribution < -0.4 is 4.74 Å². The van der Waals surface area contributed by atoms with Crippen molar-refractivity contribution in [1.29, 1.82) is 0 Å². The van der Waals surface area contributed by atoms with E-state index in [1.54, 1.807) is 7.11 Å². The molecule has 4 heteroatoms. The van der Waals surface area contributed by atoms with Crippen molar-refractivity contribution >= 4 is 5.78 Å². The van der Waals surface area contributed by atoms with Crippen LogP contribution in [-0.2, 0) is 13.0 Å². The Labute approximate surface area is 118 Å². The highest BCUT2D eigenvalue weighted by Gasteiger charge is 2.25. The average Bonchev–Trinajstić information content (AvgIpc) is 2.82. The van der Waals surface area contributed by atoms with Crippen molar-refractivity contribution in [3.8, 4) is 5.75 Å². The number of Topliss-reactive ketones (excluding diaryl/α,β-unsaturated/α-hetero) is 1. The predicted molar refractivity (Wildman–Crippen MR) is 76.1 cm³/mol. The zero-order valence-electron chi connectivity index (χ0n) is 11.8. The Hall–Kier alpha value is -2.10. The van der Waals surface area contributed by atoms with Crippen molar-refractivity contribution < 1.29 is 9.53 Å². The summed E-state index contributed by atoms with van der Waals surface area (Å²) in [5.41, 5.74) is 2.89. The van der Waals surface area contributed by atoms with Gasteiger partial charge in [-0.15, -0.1) is 0 Å². The zero-order valence-corrected chi connectivity index (χ0v) is 11.8. The lowest BCUT2D eigenvalue weighted by molar-refractivity contribution is 0.0953. The summed E-state index contributed by atoms with van der Waals surface area (Å²) >= 11 is 0. The summed E-state index contributed by atoms with van der Waals surface area (Å²) in [7, 11) is 1.66. The number of rotatable bonds is 3. The van der Waals surface area contributed by atoms with Gasteiger partial charge in [0.05, 0.1) is 24.9 Å². The van der Waals surface area contributed by atoms with Gasteiger partial charge in [0.2, 0.25) is 0 Å². The number of ketones is 1. The molecule has 0 spiro atoms. The number of methoxy groups -OCH3 is 1. The minimum Gasteiger partial charge on any atom is -0.497 e. The molecule has 1 aliphatic carbocycles. The van der Waals surface area contributed by atoms with Crippen LogP contribution in [0.1, 0.15) is 35.0 Å². The van der Waals surface area contributed by atoms with E-state index < -0.39 is 0 Å². The van der Waals surface area contributed by atoms with E-state index in [0.717, 1.165) is 29.0 Å². The van der Waals surface area contributed by atoms with Crippen LogP contribution in [0.3, 0.4) is 0 Å². The van der Waals surface area contributed by atoms with Crippen molar-refractivity contribution in [3.63, 3.8) is 0 Å². The fourth-order valence-corrected chi connectivity index (χ4v) is 2.67. The van der Waals surface area contributed by atoms with E-state index in [2.05, 4.69) is 12.0 Å². The van der Waals surface area contributed by atoms with Gasteiger partial charge in [-0.25, -0.2) is 0 Å². The Bertz CT molecular complexity index is 628. The molecular formula is C16H18N2O2. The van der Waals surface area contributed by atoms with Gasteiger partial charge in [-0.2, -0.15) is 5.10 Å². The molecule has 104 valence electrons. The van der Waals surface area contributed by atoms with Gasteiger partial charge in [-0.1, -0.05) is 19.1 Å². The van der Waals surface area contributed by atoms with Gasteiger partial charge in [-0.3, -0.25) is 9.48 Å². The Kier molecular flexibility index (Phi) is 3.30. The normalized spacial score (nSPS) is 17.9. The fraction of sp³-hybridized carbons (Fsp3) is 0.375. The van der Waals surface area contributed by atoms with E-state index in [0.29, 0.717) is 18.9 Å². The first-order chi connectivity index (χ1) is 9.65. The van der Waals surface area contributed by atoms with Gasteiger partial charge in [0.25, 0.3) is 0 Å². The first-order valence-corrected chi connectivity index (χ1v) is 6.88. The summed E-state index contributed by atoms with van der Waals surface area (Å²) < 4.78 is 7.01. The molecule has 0 saturated heterocycles. The number of aromatic nitrogens is 2. The Balaban J connectivity index is 1.81. The summed E-state index contributed by atoms with van der Waals surface area (Å²) in [6.45, 7) is 2.78. The number of carbonyl (C=O) groups excluding carboxylic acids is 1. The Morgan fingerprint density at radius 2 is 2.05 bits per heavy atom. The topological polar surface area (TPSA) is 44.1 Å². The van der Waals surface area contributed by atoms with E-state index >= 15 is 0 Å². The number of fused-ring (bicyclic) bond motifs is 1. The van der Waals surface area contributed by atoms with Crippen LogP contribution in [0.4, 0.5) is 0 Å². The molecule has 0 saturated carbocycles. The number of hydrogen-bond donors (Lipinski definition) is 0. The summed E-state index contributed by atoms with van der Waals surface area (Å²) in [5.74, 6) is 1.47. The van der Waals surface area contributed by atoms with Crippen LogP contribution in [0.2, 0.25) is 0 Å². The quantitative estimate of drug-likeness (QED) is 0.861. The first kappa shape index (κ1) is 12.9. The van der Waals surface area contributed by atoms with Gasteiger partial charge in [0.15, 0.2) is 5.78 Å². The molecule has 0 amide bonds. The Morgan fingerprint density at radius 3 is 2.75 bits per heavy atom. The summed E-state index contributed by atoms with van der Waals surface area (Å²) in [6.07, 6.45) is 3.42. The third kappa shape index (κ3) is 2.46. The molecule has 0 bridgehead atoms.